The Morgan fingerprint density at radius 1 is 0.917 bits per heavy atom. The van der Waals surface area contributed by atoms with E-state index in [4.69, 9.17) is 5.73 Å². The Labute approximate surface area is 222 Å². The number of rotatable bonds is 4. The lowest BCUT2D eigenvalue weighted by molar-refractivity contribution is 0.129. The average molecular weight is 508 g/mol. The molecule has 4 rings (SSSR count). The highest BCUT2D eigenvalue weighted by molar-refractivity contribution is 7.82. The number of aryl methyl sites for hydroxylation is 2. The second-order valence-electron chi connectivity index (χ2n) is 10.5. The summed E-state index contributed by atoms with van der Waals surface area (Å²) in [6.45, 7) is 16.5. The van der Waals surface area contributed by atoms with Gasteiger partial charge in [-0.25, -0.2) is 8.51 Å². The summed E-state index contributed by atoms with van der Waals surface area (Å²) in [5.41, 5.74) is 11.0. The zero-order valence-corrected chi connectivity index (χ0v) is 24.0. The van der Waals surface area contributed by atoms with Crippen molar-refractivity contribution in [1.82, 2.24) is 9.21 Å². The summed E-state index contributed by atoms with van der Waals surface area (Å²) < 4.78 is 15.1. The van der Waals surface area contributed by atoms with Gasteiger partial charge in [-0.05, 0) is 94.2 Å². The van der Waals surface area contributed by atoms with Crippen LogP contribution in [0.4, 0.5) is 0 Å². The molecular weight excluding hydrogens is 462 g/mol. The summed E-state index contributed by atoms with van der Waals surface area (Å²) in [5, 5.41) is 0. The van der Waals surface area contributed by atoms with Crippen LogP contribution in [0, 0.1) is 25.7 Å². The highest BCUT2D eigenvalue weighted by atomic mass is 32.2. The van der Waals surface area contributed by atoms with Crippen LogP contribution in [0.1, 0.15) is 81.5 Å². The van der Waals surface area contributed by atoms with E-state index < -0.39 is 11.0 Å². The van der Waals surface area contributed by atoms with Crippen molar-refractivity contribution in [1.29, 1.82) is 0 Å². The Morgan fingerprint density at radius 3 is 2.22 bits per heavy atom. The number of nitrogens with two attached hydrogens (primary N) is 1. The van der Waals surface area contributed by atoms with Gasteiger partial charge >= 0.3 is 0 Å². The third-order valence-electron chi connectivity index (χ3n) is 7.57. The standard InChI is InChI=1S/C29H39N3OS.C2H6/c1-22-8-9-26(20-23(22)2)25-11-16-31(17-12-25)29(3,4)15-10-24-6-5-7-28(21-24)34(33)32-18-13-27(30)14-19-32;1-2/h5-9,20-21,25,27H,11-14,16-19,30H2,1-4H3;1-2H3. The van der Waals surface area contributed by atoms with Crippen molar-refractivity contribution in [2.45, 2.75) is 89.6 Å². The summed E-state index contributed by atoms with van der Waals surface area (Å²) >= 11 is 0. The maximum atomic E-state index is 13.0. The molecule has 1 atom stereocenters. The third kappa shape index (κ3) is 7.29. The zero-order valence-electron chi connectivity index (χ0n) is 23.1. The van der Waals surface area contributed by atoms with Gasteiger partial charge in [-0.3, -0.25) is 4.90 Å². The molecule has 0 aromatic heterocycles. The van der Waals surface area contributed by atoms with E-state index in [0.29, 0.717) is 5.92 Å². The number of piperidine rings is 2. The van der Waals surface area contributed by atoms with Crippen LogP contribution in [0.3, 0.4) is 0 Å². The number of hydrogen-bond acceptors (Lipinski definition) is 3. The van der Waals surface area contributed by atoms with E-state index >= 15 is 0 Å². The van der Waals surface area contributed by atoms with Gasteiger partial charge in [0, 0.05) is 37.8 Å². The van der Waals surface area contributed by atoms with Gasteiger partial charge in [-0.1, -0.05) is 50.0 Å². The van der Waals surface area contributed by atoms with E-state index in [2.05, 4.69) is 62.6 Å². The Hall–Kier alpha value is -1.97. The molecule has 0 radical (unpaired) electrons. The average Bonchev–Trinajstić information content (AvgIpc) is 2.90. The molecule has 2 aromatic rings. The lowest BCUT2D eigenvalue weighted by Gasteiger charge is -2.40. The fourth-order valence-corrected chi connectivity index (χ4v) is 6.23. The van der Waals surface area contributed by atoms with Gasteiger partial charge in [0.2, 0.25) is 0 Å². The van der Waals surface area contributed by atoms with Crippen molar-refractivity contribution in [3.8, 4) is 11.8 Å². The van der Waals surface area contributed by atoms with E-state index in [-0.39, 0.29) is 11.6 Å². The Kier molecular flexibility index (Phi) is 10.3. The number of nitrogens with zero attached hydrogens (tertiary/aromatic N) is 2. The van der Waals surface area contributed by atoms with E-state index in [1.807, 2.05) is 42.4 Å². The number of benzene rings is 2. The minimum atomic E-state index is -1.15. The number of likely N-dealkylation sites (tertiary alicyclic amines) is 1. The molecule has 2 fully saturated rings. The minimum absolute atomic E-state index is 0.202. The zero-order chi connectivity index (χ0) is 26.3. The fraction of sp³-hybridized carbons (Fsp3) is 0.548. The molecule has 4 nitrogen and oxygen atoms in total. The Bertz CT molecular complexity index is 1080. The molecule has 0 bridgehead atoms. The summed E-state index contributed by atoms with van der Waals surface area (Å²) in [5.74, 6) is 7.53. The monoisotopic (exact) mass is 507 g/mol. The Balaban J connectivity index is 0.00000176. The first-order valence-corrected chi connectivity index (χ1v) is 14.7. The van der Waals surface area contributed by atoms with E-state index in [1.54, 1.807) is 0 Å². The first-order valence-electron chi connectivity index (χ1n) is 13.6. The molecule has 196 valence electrons. The normalized spacial score (nSPS) is 19.1. The maximum absolute atomic E-state index is 13.0. The van der Waals surface area contributed by atoms with Gasteiger partial charge in [0.15, 0.2) is 0 Å². The fourth-order valence-electron chi connectivity index (χ4n) is 4.97. The van der Waals surface area contributed by atoms with Gasteiger partial charge in [0.05, 0.1) is 10.4 Å². The van der Waals surface area contributed by atoms with E-state index in [0.717, 1.165) is 49.5 Å². The second kappa shape index (κ2) is 13.0. The molecule has 5 heteroatoms. The van der Waals surface area contributed by atoms with Crippen molar-refractivity contribution < 1.29 is 4.21 Å². The SMILES string of the molecule is CC.Cc1ccc(C2CCN(C(C)(C)C#Cc3cccc(S(=O)N4CCC(N)CC4)c3)CC2)cc1C. The molecule has 2 heterocycles. The molecule has 2 saturated heterocycles. The van der Waals surface area contributed by atoms with Gasteiger partial charge in [-0.2, -0.15) is 0 Å². The quantitative estimate of drug-likeness (QED) is 0.533. The van der Waals surface area contributed by atoms with Crippen LogP contribution in [0.2, 0.25) is 0 Å². The van der Waals surface area contributed by atoms with Crippen LogP contribution in [0.25, 0.3) is 0 Å². The third-order valence-corrected chi connectivity index (χ3v) is 9.06. The molecule has 0 spiro atoms. The molecule has 1 unspecified atom stereocenters. The van der Waals surface area contributed by atoms with Gasteiger partial charge < -0.3 is 5.73 Å². The van der Waals surface area contributed by atoms with Crippen LogP contribution in [0.5, 0.6) is 0 Å². The molecule has 36 heavy (non-hydrogen) atoms. The van der Waals surface area contributed by atoms with Crippen LogP contribution >= 0.6 is 0 Å². The molecule has 2 aliphatic rings. The van der Waals surface area contributed by atoms with Crippen LogP contribution in [-0.4, -0.2) is 51.2 Å². The van der Waals surface area contributed by atoms with E-state index in [1.165, 1.54) is 29.5 Å². The molecule has 0 aliphatic carbocycles. The van der Waals surface area contributed by atoms with Crippen LogP contribution in [-0.2, 0) is 11.0 Å². The van der Waals surface area contributed by atoms with Gasteiger partial charge in [0.1, 0.15) is 11.0 Å². The first kappa shape index (κ1) is 28.6. The lowest BCUT2D eigenvalue weighted by Crippen LogP contribution is -2.47. The molecular formula is C31H45N3OS. The molecule has 0 amide bonds. The topological polar surface area (TPSA) is 49.6 Å². The summed E-state index contributed by atoms with van der Waals surface area (Å²) in [6.07, 6.45) is 4.14. The summed E-state index contributed by atoms with van der Waals surface area (Å²) in [7, 11) is -1.15. The molecule has 2 N–H and O–H groups in total. The van der Waals surface area contributed by atoms with Gasteiger partial charge in [-0.15, -0.1) is 0 Å². The van der Waals surface area contributed by atoms with Gasteiger partial charge in [0.25, 0.3) is 0 Å². The summed E-state index contributed by atoms with van der Waals surface area (Å²) in [6, 6.07) is 15.1. The number of hydrogen-bond donors (Lipinski definition) is 1. The first-order chi connectivity index (χ1) is 17.2. The highest BCUT2D eigenvalue weighted by Gasteiger charge is 2.30. The van der Waals surface area contributed by atoms with E-state index in [9.17, 15) is 4.21 Å². The predicted molar refractivity (Wildman–Crippen MR) is 153 cm³/mol. The molecule has 0 saturated carbocycles. The molecule has 2 aliphatic heterocycles. The maximum Gasteiger partial charge on any atom is 0.127 e. The second-order valence-corrected chi connectivity index (χ2v) is 11.9. The lowest BCUT2D eigenvalue weighted by atomic mass is 9.86. The highest BCUT2D eigenvalue weighted by Crippen LogP contribution is 2.32. The smallest absolute Gasteiger partial charge is 0.127 e. The summed E-state index contributed by atoms with van der Waals surface area (Å²) in [4.78, 5) is 3.34. The van der Waals surface area contributed by atoms with Crippen LogP contribution < -0.4 is 5.73 Å². The molecule has 2 aromatic carbocycles. The van der Waals surface area contributed by atoms with Crippen molar-refractivity contribution in [2.75, 3.05) is 26.2 Å². The van der Waals surface area contributed by atoms with Crippen LogP contribution in [0.15, 0.2) is 47.4 Å². The van der Waals surface area contributed by atoms with Crippen molar-refractivity contribution in [2.24, 2.45) is 5.73 Å². The largest absolute Gasteiger partial charge is 0.328 e. The predicted octanol–water partition coefficient (Wildman–Crippen LogP) is 5.79. The Morgan fingerprint density at radius 2 is 1.58 bits per heavy atom. The van der Waals surface area contributed by atoms with Crippen molar-refractivity contribution in [3.63, 3.8) is 0 Å². The van der Waals surface area contributed by atoms with Crippen molar-refractivity contribution in [3.05, 3.63) is 64.7 Å². The minimum Gasteiger partial charge on any atom is -0.328 e. The van der Waals surface area contributed by atoms with Crippen molar-refractivity contribution >= 4 is 11.0 Å².